The van der Waals surface area contributed by atoms with E-state index >= 15 is 0 Å². The second-order valence-electron chi connectivity index (χ2n) is 6.59. The van der Waals surface area contributed by atoms with Gasteiger partial charge in [-0.2, -0.15) is 0 Å². The number of alkyl halides is 3. The third kappa shape index (κ3) is 6.32. The summed E-state index contributed by atoms with van der Waals surface area (Å²) in [5, 5.41) is 0.519. The summed E-state index contributed by atoms with van der Waals surface area (Å²) in [6.45, 7) is 2.25. The van der Waals surface area contributed by atoms with Gasteiger partial charge in [-0.05, 0) is 29.8 Å². The van der Waals surface area contributed by atoms with Crippen molar-refractivity contribution >= 4 is 21.6 Å². The van der Waals surface area contributed by atoms with Crippen molar-refractivity contribution in [3.63, 3.8) is 0 Å². The van der Waals surface area contributed by atoms with Crippen LogP contribution in [-0.4, -0.2) is 52.5 Å². The monoisotopic (exact) mass is 464 g/mol. The van der Waals surface area contributed by atoms with Crippen molar-refractivity contribution in [3.05, 3.63) is 59.1 Å². The topological polar surface area (TPSA) is 67.9 Å². The summed E-state index contributed by atoms with van der Waals surface area (Å²) in [5.41, 5.74) is 0.821. The van der Waals surface area contributed by atoms with Gasteiger partial charge < -0.3 is 9.47 Å². The first-order chi connectivity index (χ1) is 14.1. The highest BCUT2D eigenvalue weighted by Gasteiger charge is 2.32. The zero-order chi connectivity index (χ0) is 21.8. The van der Waals surface area contributed by atoms with Gasteiger partial charge in [0.25, 0.3) is 0 Å². The first kappa shape index (κ1) is 22.8. The molecule has 3 rings (SSSR count). The van der Waals surface area contributed by atoms with Crippen LogP contribution in [0.4, 0.5) is 13.2 Å². The number of sulfonamides is 1. The number of hydrogen-bond acceptors (Lipinski definition) is 5. The quantitative estimate of drug-likeness (QED) is 0.678. The van der Waals surface area contributed by atoms with E-state index in [0.717, 1.165) is 17.7 Å². The number of morpholine rings is 1. The summed E-state index contributed by atoms with van der Waals surface area (Å²) in [6, 6.07) is 11.0. The molecule has 1 atom stereocenters. The van der Waals surface area contributed by atoms with E-state index in [-0.39, 0.29) is 17.5 Å². The van der Waals surface area contributed by atoms with Crippen LogP contribution in [0.3, 0.4) is 0 Å². The number of nitrogens with one attached hydrogen (secondary N) is 1. The fourth-order valence-corrected chi connectivity index (χ4v) is 4.44. The fourth-order valence-electron chi connectivity index (χ4n) is 3.17. The minimum atomic E-state index is -4.91. The Bertz CT molecular complexity index is 966. The molecule has 0 aromatic heterocycles. The van der Waals surface area contributed by atoms with Crippen LogP contribution in [0.5, 0.6) is 5.75 Å². The molecule has 1 N–H and O–H groups in total. The van der Waals surface area contributed by atoms with Gasteiger partial charge in [0.1, 0.15) is 5.75 Å². The fraction of sp³-hybridized carbons (Fsp3) is 0.368. The molecule has 164 valence electrons. The second kappa shape index (κ2) is 9.52. The van der Waals surface area contributed by atoms with E-state index in [1.54, 1.807) is 18.2 Å². The number of rotatable bonds is 7. The molecule has 30 heavy (non-hydrogen) atoms. The van der Waals surface area contributed by atoms with Crippen molar-refractivity contribution in [2.24, 2.45) is 0 Å². The van der Waals surface area contributed by atoms with Crippen molar-refractivity contribution in [3.8, 4) is 5.75 Å². The molecule has 1 unspecified atom stereocenters. The SMILES string of the molecule is O=S(=O)(NCC(c1cccc(Cl)c1)N1CCOCC1)c1cccc(OC(F)(F)F)c1. The Balaban J connectivity index is 1.79. The molecule has 1 aliphatic rings. The minimum Gasteiger partial charge on any atom is -0.406 e. The molecule has 6 nitrogen and oxygen atoms in total. The summed E-state index contributed by atoms with van der Waals surface area (Å²) < 4.78 is 74.4. The molecule has 0 radical (unpaired) electrons. The van der Waals surface area contributed by atoms with Crippen LogP contribution in [0.15, 0.2) is 53.4 Å². The summed E-state index contributed by atoms with van der Waals surface area (Å²) in [6.07, 6.45) is -4.91. The highest BCUT2D eigenvalue weighted by Crippen LogP contribution is 2.27. The van der Waals surface area contributed by atoms with Gasteiger partial charge in [0, 0.05) is 36.8 Å². The zero-order valence-corrected chi connectivity index (χ0v) is 17.3. The average Bonchev–Trinajstić information content (AvgIpc) is 2.68. The maximum Gasteiger partial charge on any atom is 0.573 e. The summed E-state index contributed by atoms with van der Waals surface area (Å²) in [4.78, 5) is 1.75. The van der Waals surface area contributed by atoms with Gasteiger partial charge in [-0.3, -0.25) is 4.90 Å². The van der Waals surface area contributed by atoms with E-state index in [0.29, 0.717) is 31.3 Å². The lowest BCUT2D eigenvalue weighted by Crippen LogP contribution is -2.43. The minimum absolute atomic E-state index is 0.00698. The van der Waals surface area contributed by atoms with Crippen molar-refractivity contribution in [1.29, 1.82) is 0 Å². The van der Waals surface area contributed by atoms with E-state index in [1.165, 1.54) is 12.1 Å². The first-order valence-electron chi connectivity index (χ1n) is 9.07. The average molecular weight is 465 g/mol. The third-order valence-corrected chi connectivity index (χ3v) is 6.19. The molecular formula is C19H20ClF3N2O4S. The molecule has 0 bridgehead atoms. The van der Waals surface area contributed by atoms with Crippen molar-refractivity contribution in [1.82, 2.24) is 9.62 Å². The van der Waals surface area contributed by atoms with Crippen molar-refractivity contribution in [2.45, 2.75) is 17.3 Å². The first-order valence-corrected chi connectivity index (χ1v) is 10.9. The Morgan fingerprint density at radius 1 is 1.13 bits per heavy atom. The lowest BCUT2D eigenvalue weighted by atomic mass is 10.1. The summed E-state index contributed by atoms with van der Waals surface area (Å²) in [5.74, 6) is -0.607. The standard InChI is InChI=1S/C19H20ClF3N2O4S/c20-15-4-1-3-14(11-15)18(25-7-9-28-10-8-25)13-24-30(26,27)17-6-2-5-16(12-17)29-19(21,22)23/h1-6,11-12,18,24H,7-10,13H2. The van der Waals surface area contributed by atoms with Gasteiger partial charge in [0.2, 0.25) is 10.0 Å². The molecule has 2 aromatic carbocycles. The normalized spacial score (nSPS) is 16.9. The van der Waals surface area contributed by atoms with Gasteiger partial charge in [-0.15, -0.1) is 13.2 Å². The predicted molar refractivity (Wildman–Crippen MR) is 105 cm³/mol. The molecular weight excluding hydrogens is 445 g/mol. The van der Waals surface area contributed by atoms with E-state index < -0.39 is 22.1 Å². The molecule has 1 fully saturated rings. The van der Waals surface area contributed by atoms with Crippen LogP contribution < -0.4 is 9.46 Å². The Kier molecular flexibility index (Phi) is 7.25. The molecule has 0 saturated carbocycles. The molecule has 1 saturated heterocycles. The second-order valence-corrected chi connectivity index (χ2v) is 8.80. The maximum atomic E-state index is 12.7. The van der Waals surface area contributed by atoms with Gasteiger partial charge in [-0.1, -0.05) is 29.8 Å². The van der Waals surface area contributed by atoms with E-state index in [9.17, 15) is 21.6 Å². The summed E-state index contributed by atoms with van der Waals surface area (Å²) in [7, 11) is -4.08. The van der Waals surface area contributed by atoms with E-state index in [2.05, 4.69) is 14.4 Å². The number of hydrogen-bond donors (Lipinski definition) is 1. The number of ether oxygens (including phenoxy) is 2. The molecule has 0 spiro atoms. The van der Waals surface area contributed by atoms with Gasteiger partial charge in [-0.25, -0.2) is 13.1 Å². The summed E-state index contributed by atoms with van der Waals surface area (Å²) >= 11 is 6.10. The number of nitrogens with zero attached hydrogens (tertiary/aromatic N) is 1. The number of benzene rings is 2. The highest BCUT2D eigenvalue weighted by molar-refractivity contribution is 7.89. The largest absolute Gasteiger partial charge is 0.573 e. The highest BCUT2D eigenvalue weighted by atomic mass is 35.5. The molecule has 2 aromatic rings. The zero-order valence-electron chi connectivity index (χ0n) is 15.7. The van der Waals surface area contributed by atoms with Crippen molar-refractivity contribution in [2.75, 3.05) is 32.8 Å². The molecule has 0 amide bonds. The van der Waals surface area contributed by atoms with Crippen LogP contribution in [0.1, 0.15) is 11.6 Å². The molecule has 1 heterocycles. The lowest BCUT2D eigenvalue weighted by Gasteiger charge is -2.35. The third-order valence-electron chi connectivity index (χ3n) is 4.54. The molecule has 11 heteroatoms. The van der Waals surface area contributed by atoms with Gasteiger partial charge in [0.15, 0.2) is 0 Å². The molecule has 0 aliphatic carbocycles. The predicted octanol–water partition coefficient (Wildman–Crippen LogP) is 3.59. The van der Waals surface area contributed by atoms with Crippen LogP contribution in [-0.2, 0) is 14.8 Å². The van der Waals surface area contributed by atoms with Gasteiger partial charge >= 0.3 is 6.36 Å². The Morgan fingerprint density at radius 3 is 2.50 bits per heavy atom. The smallest absolute Gasteiger partial charge is 0.406 e. The van der Waals surface area contributed by atoms with Crippen LogP contribution >= 0.6 is 11.6 Å². The Morgan fingerprint density at radius 2 is 1.83 bits per heavy atom. The number of halogens is 4. The molecule has 1 aliphatic heterocycles. The lowest BCUT2D eigenvalue weighted by molar-refractivity contribution is -0.274. The van der Waals surface area contributed by atoms with Crippen LogP contribution in [0.2, 0.25) is 5.02 Å². The van der Waals surface area contributed by atoms with Gasteiger partial charge in [0.05, 0.1) is 18.1 Å². The van der Waals surface area contributed by atoms with E-state index in [4.69, 9.17) is 16.3 Å². The van der Waals surface area contributed by atoms with Crippen LogP contribution in [0, 0.1) is 0 Å². The Hall–Kier alpha value is -1.85. The maximum absolute atomic E-state index is 12.7. The Labute approximate surface area is 177 Å². The van der Waals surface area contributed by atoms with E-state index in [1.807, 2.05) is 6.07 Å². The van der Waals surface area contributed by atoms with Crippen molar-refractivity contribution < 1.29 is 31.1 Å². The van der Waals surface area contributed by atoms with Crippen LogP contribution in [0.25, 0.3) is 0 Å².